The van der Waals surface area contributed by atoms with Crippen LogP contribution in [0, 0.1) is 0 Å². The van der Waals surface area contributed by atoms with Crippen molar-refractivity contribution in [1.29, 1.82) is 0 Å². The Bertz CT molecular complexity index is 723. The Labute approximate surface area is 171 Å². The minimum Gasteiger partial charge on any atom is -0.359 e. The zero-order chi connectivity index (χ0) is 17.6. The van der Waals surface area contributed by atoms with Crippen molar-refractivity contribution in [1.82, 2.24) is 30.6 Å². The lowest BCUT2D eigenvalue weighted by Crippen LogP contribution is -2.37. The molecule has 1 aliphatic rings. The minimum absolute atomic E-state index is 0. The van der Waals surface area contributed by atoms with Gasteiger partial charge in [-0.25, -0.2) is 0 Å². The molecule has 0 spiro atoms. The third-order valence-electron chi connectivity index (χ3n) is 4.42. The number of halogens is 1. The second-order valence-corrected chi connectivity index (χ2v) is 6.65. The normalized spacial score (nSPS) is 14.5. The highest BCUT2D eigenvalue weighted by molar-refractivity contribution is 14.0. The van der Waals surface area contributed by atoms with E-state index in [4.69, 9.17) is 4.52 Å². The van der Waals surface area contributed by atoms with Crippen LogP contribution in [0.3, 0.4) is 0 Å². The van der Waals surface area contributed by atoms with Gasteiger partial charge in [0.25, 0.3) is 0 Å². The number of hydrogen-bond acceptors (Lipinski definition) is 5. The van der Waals surface area contributed by atoms with Crippen LogP contribution in [-0.4, -0.2) is 32.9 Å². The summed E-state index contributed by atoms with van der Waals surface area (Å²) in [5, 5.41) is 19.3. The average Bonchev–Trinajstić information content (AvgIpc) is 3.16. The molecule has 26 heavy (non-hydrogen) atoms. The largest absolute Gasteiger partial charge is 0.359 e. The maximum atomic E-state index is 5.34. The molecular formula is C17H28IN7O. The number of aliphatic imine (C=N–C) groups is 1. The van der Waals surface area contributed by atoms with Crippen molar-refractivity contribution in [2.75, 3.05) is 7.05 Å². The minimum atomic E-state index is 0. The molecule has 0 bridgehead atoms. The molecule has 2 aromatic heterocycles. The summed E-state index contributed by atoms with van der Waals surface area (Å²) in [4.78, 5) is 4.25. The standard InChI is InChI=1S/C17H27N7O.HI/c1-12(2)14-9-13(25-23-14)10-19-17(18-3)20-11-16-22-21-15-7-5-4-6-8-24(15)16;/h9,12H,4-8,10-11H2,1-3H3,(H2,18,19,20);1H. The SMILES string of the molecule is CN=C(NCc1cc(C(C)C)no1)NCc1nnc2n1CCCCC2.I. The number of aromatic nitrogens is 4. The van der Waals surface area contributed by atoms with Gasteiger partial charge in [-0.05, 0) is 18.8 Å². The molecule has 3 rings (SSSR count). The van der Waals surface area contributed by atoms with E-state index in [1.54, 1.807) is 7.05 Å². The summed E-state index contributed by atoms with van der Waals surface area (Å²) in [5.41, 5.74) is 0.964. The zero-order valence-electron chi connectivity index (χ0n) is 15.7. The van der Waals surface area contributed by atoms with Crippen molar-refractivity contribution >= 4 is 29.9 Å². The predicted octanol–water partition coefficient (Wildman–Crippen LogP) is 2.60. The first-order valence-corrected chi connectivity index (χ1v) is 8.98. The molecule has 0 saturated heterocycles. The quantitative estimate of drug-likeness (QED) is 0.394. The molecule has 8 nitrogen and oxygen atoms in total. The fraction of sp³-hybridized carbons (Fsp3) is 0.647. The van der Waals surface area contributed by atoms with Gasteiger partial charge in [0, 0.05) is 26.1 Å². The molecule has 0 unspecified atom stereocenters. The van der Waals surface area contributed by atoms with E-state index in [0.29, 0.717) is 25.0 Å². The van der Waals surface area contributed by atoms with Gasteiger partial charge in [-0.1, -0.05) is 25.4 Å². The molecular weight excluding hydrogens is 445 g/mol. The number of fused-ring (bicyclic) bond motifs is 1. The number of nitrogens with one attached hydrogen (secondary N) is 2. The summed E-state index contributed by atoms with van der Waals surface area (Å²) in [5.74, 6) is 3.91. The molecule has 144 valence electrons. The zero-order valence-corrected chi connectivity index (χ0v) is 18.0. The van der Waals surface area contributed by atoms with Crippen LogP contribution in [0.25, 0.3) is 0 Å². The van der Waals surface area contributed by atoms with Gasteiger partial charge in [0.05, 0.1) is 18.8 Å². The lowest BCUT2D eigenvalue weighted by atomic mass is 10.1. The van der Waals surface area contributed by atoms with Gasteiger partial charge in [-0.15, -0.1) is 34.2 Å². The topological polar surface area (TPSA) is 93.2 Å². The van der Waals surface area contributed by atoms with Crippen LogP contribution in [0.1, 0.15) is 62.1 Å². The molecule has 0 atom stereocenters. The summed E-state index contributed by atoms with van der Waals surface area (Å²) in [6.07, 6.45) is 4.66. The number of rotatable bonds is 5. The third kappa shape index (κ3) is 5.18. The maximum Gasteiger partial charge on any atom is 0.191 e. The van der Waals surface area contributed by atoms with Crippen LogP contribution in [0.15, 0.2) is 15.6 Å². The Morgan fingerprint density at radius 3 is 2.77 bits per heavy atom. The molecule has 9 heteroatoms. The molecule has 0 aliphatic carbocycles. The van der Waals surface area contributed by atoms with Gasteiger partial charge >= 0.3 is 0 Å². The number of aryl methyl sites for hydroxylation is 1. The highest BCUT2D eigenvalue weighted by Crippen LogP contribution is 2.15. The van der Waals surface area contributed by atoms with E-state index in [-0.39, 0.29) is 24.0 Å². The molecule has 0 fully saturated rings. The highest BCUT2D eigenvalue weighted by Gasteiger charge is 2.15. The highest BCUT2D eigenvalue weighted by atomic mass is 127. The fourth-order valence-corrected chi connectivity index (χ4v) is 2.91. The smallest absolute Gasteiger partial charge is 0.191 e. The van der Waals surface area contributed by atoms with E-state index in [2.05, 4.69) is 49.4 Å². The molecule has 0 radical (unpaired) electrons. The molecule has 0 aromatic carbocycles. The molecule has 2 N–H and O–H groups in total. The molecule has 1 aliphatic heterocycles. The lowest BCUT2D eigenvalue weighted by molar-refractivity contribution is 0.372. The second kappa shape index (κ2) is 9.89. The number of nitrogens with zero attached hydrogens (tertiary/aromatic N) is 5. The van der Waals surface area contributed by atoms with E-state index >= 15 is 0 Å². The Morgan fingerprint density at radius 2 is 2.04 bits per heavy atom. The maximum absolute atomic E-state index is 5.34. The van der Waals surface area contributed by atoms with Gasteiger partial charge in [0.1, 0.15) is 5.82 Å². The third-order valence-corrected chi connectivity index (χ3v) is 4.42. The number of guanidine groups is 1. The van der Waals surface area contributed by atoms with Crippen LogP contribution in [0.2, 0.25) is 0 Å². The summed E-state index contributed by atoms with van der Waals surface area (Å²) < 4.78 is 7.57. The van der Waals surface area contributed by atoms with Gasteiger partial charge < -0.3 is 19.7 Å². The van der Waals surface area contributed by atoms with Crippen LogP contribution >= 0.6 is 24.0 Å². The Hall–Kier alpha value is -1.65. The van der Waals surface area contributed by atoms with Crippen molar-refractivity contribution in [3.63, 3.8) is 0 Å². The summed E-state index contributed by atoms with van der Waals surface area (Å²) in [6, 6.07) is 1.98. The Kier molecular flexibility index (Phi) is 7.85. The van der Waals surface area contributed by atoms with Crippen molar-refractivity contribution in [3.8, 4) is 0 Å². The average molecular weight is 473 g/mol. The van der Waals surface area contributed by atoms with Crippen LogP contribution in [0.5, 0.6) is 0 Å². The van der Waals surface area contributed by atoms with Crippen LogP contribution in [0.4, 0.5) is 0 Å². The van der Waals surface area contributed by atoms with Crippen molar-refractivity contribution < 1.29 is 4.52 Å². The molecule has 2 aromatic rings. The fourth-order valence-electron chi connectivity index (χ4n) is 2.91. The van der Waals surface area contributed by atoms with Crippen LogP contribution < -0.4 is 10.6 Å². The van der Waals surface area contributed by atoms with E-state index in [0.717, 1.165) is 36.1 Å². The van der Waals surface area contributed by atoms with Gasteiger partial charge in [-0.2, -0.15) is 0 Å². The Morgan fingerprint density at radius 1 is 1.23 bits per heavy atom. The van der Waals surface area contributed by atoms with E-state index < -0.39 is 0 Å². The summed E-state index contributed by atoms with van der Waals surface area (Å²) in [7, 11) is 1.75. The first-order chi connectivity index (χ1) is 12.2. The molecule has 3 heterocycles. The predicted molar refractivity (Wildman–Crippen MR) is 111 cm³/mol. The van der Waals surface area contributed by atoms with Crippen LogP contribution in [-0.2, 0) is 26.1 Å². The molecule has 0 amide bonds. The molecule has 0 saturated carbocycles. The van der Waals surface area contributed by atoms with Crippen molar-refractivity contribution in [3.05, 3.63) is 29.2 Å². The van der Waals surface area contributed by atoms with Gasteiger partial charge in [0.2, 0.25) is 0 Å². The van der Waals surface area contributed by atoms with Gasteiger partial charge in [-0.3, -0.25) is 4.99 Å². The van der Waals surface area contributed by atoms with Crippen molar-refractivity contribution in [2.24, 2.45) is 4.99 Å². The van der Waals surface area contributed by atoms with Gasteiger partial charge in [0.15, 0.2) is 17.5 Å². The summed E-state index contributed by atoms with van der Waals surface area (Å²) in [6.45, 7) is 6.33. The van der Waals surface area contributed by atoms with Crippen molar-refractivity contribution in [2.45, 2.75) is 65.1 Å². The monoisotopic (exact) mass is 473 g/mol. The Balaban J connectivity index is 0.00000243. The lowest BCUT2D eigenvalue weighted by Gasteiger charge is -2.11. The second-order valence-electron chi connectivity index (χ2n) is 6.65. The first-order valence-electron chi connectivity index (χ1n) is 8.98. The van der Waals surface area contributed by atoms with E-state index in [1.807, 2.05) is 6.07 Å². The number of hydrogen-bond donors (Lipinski definition) is 2. The van der Waals surface area contributed by atoms with E-state index in [1.165, 1.54) is 19.3 Å². The van der Waals surface area contributed by atoms with E-state index in [9.17, 15) is 0 Å². The first kappa shape index (κ1) is 20.7. The summed E-state index contributed by atoms with van der Waals surface area (Å²) >= 11 is 0.